The van der Waals surface area contributed by atoms with Crippen LogP contribution in [-0.2, 0) is 0 Å². The maximum Gasteiger partial charge on any atom is 0.335 e. The molecule has 0 atom stereocenters. The molecule has 102 valence electrons. The Balaban J connectivity index is 2.14. The average Bonchev–Trinajstić information content (AvgIpc) is 2.46. The molecule has 5 nitrogen and oxygen atoms in total. The fourth-order valence-electron chi connectivity index (χ4n) is 1.64. The van der Waals surface area contributed by atoms with Gasteiger partial charge in [-0.1, -0.05) is 6.07 Å². The molecule has 0 amide bonds. The Morgan fingerprint density at radius 1 is 1.10 bits per heavy atom. The van der Waals surface area contributed by atoms with E-state index in [0.717, 1.165) is 11.3 Å². The number of rotatable bonds is 4. The number of benzene rings is 2. The molecule has 0 aliphatic carbocycles. The van der Waals surface area contributed by atoms with Gasteiger partial charge >= 0.3 is 5.97 Å². The van der Waals surface area contributed by atoms with Crippen molar-refractivity contribution >= 4 is 17.4 Å². The molecule has 0 heterocycles. The molecule has 0 unspecified atom stereocenters. The molecule has 0 bridgehead atoms. The van der Waals surface area contributed by atoms with Crippen LogP contribution in [0.4, 0.5) is 5.69 Å². The van der Waals surface area contributed by atoms with Crippen LogP contribution in [0.15, 0.2) is 53.6 Å². The first-order chi connectivity index (χ1) is 9.56. The van der Waals surface area contributed by atoms with Crippen LogP contribution in [0.25, 0.3) is 0 Å². The van der Waals surface area contributed by atoms with Gasteiger partial charge in [-0.05, 0) is 55.0 Å². The maximum absolute atomic E-state index is 10.9. The predicted molar refractivity (Wildman–Crippen MR) is 77.3 cm³/mol. The highest BCUT2D eigenvalue weighted by atomic mass is 16.4. The smallest absolute Gasteiger partial charge is 0.335 e. The number of nitrogens with one attached hydrogen (secondary N) is 1. The monoisotopic (exact) mass is 270 g/mol. The van der Waals surface area contributed by atoms with Gasteiger partial charge in [-0.2, -0.15) is 5.10 Å². The molecule has 0 aliphatic heterocycles. The fraction of sp³-hybridized carbons (Fsp3) is 0.0667. The standard InChI is InChI=1S/C15H14N2O3/c1-10(11-5-7-14(18)8-6-11)16-17-13-4-2-3-12(9-13)15(19)20/h2-9,17-18H,1H3,(H,19,20)/b16-10+. The van der Waals surface area contributed by atoms with Crippen molar-refractivity contribution < 1.29 is 15.0 Å². The summed E-state index contributed by atoms with van der Waals surface area (Å²) in [5.41, 5.74) is 5.21. The van der Waals surface area contributed by atoms with E-state index in [-0.39, 0.29) is 11.3 Å². The zero-order valence-corrected chi connectivity index (χ0v) is 10.9. The van der Waals surface area contributed by atoms with Gasteiger partial charge in [-0.25, -0.2) is 4.79 Å². The zero-order valence-electron chi connectivity index (χ0n) is 10.9. The summed E-state index contributed by atoms with van der Waals surface area (Å²) in [6.45, 7) is 1.82. The van der Waals surface area contributed by atoms with Crippen molar-refractivity contribution in [3.63, 3.8) is 0 Å². The second kappa shape index (κ2) is 5.88. The van der Waals surface area contributed by atoms with Gasteiger partial charge < -0.3 is 10.2 Å². The second-order valence-corrected chi connectivity index (χ2v) is 4.24. The van der Waals surface area contributed by atoms with Crippen LogP contribution in [0.3, 0.4) is 0 Å². The third-order valence-electron chi connectivity index (χ3n) is 2.75. The Morgan fingerprint density at radius 2 is 1.80 bits per heavy atom. The van der Waals surface area contributed by atoms with Crippen molar-refractivity contribution in [2.45, 2.75) is 6.92 Å². The van der Waals surface area contributed by atoms with Crippen molar-refractivity contribution in [3.8, 4) is 5.75 Å². The molecule has 20 heavy (non-hydrogen) atoms. The minimum absolute atomic E-state index is 0.198. The van der Waals surface area contributed by atoms with Gasteiger partial charge in [0.25, 0.3) is 0 Å². The number of hydrogen-bond donors (Lipinski definition) is 3. The summed E-state index contributed by atoms with van der Waals surface area (Å²) in [4.78, 5) is 10.9. The van der Waals surface area contributed by atoms with Crippen LogP contribution in [-0.4, -0.2) is 21.9 Å². The lowest BCUT2D eigenvalue weighted by Gasteiger charge is -2.04. The van der Waals surface area contributed by atoms with E-state index in [1.807, 2.05) is 6.92 Å². The summed E-state index contributed by atoms with van der Waals surface area (Å²) in [5, 5.41) is 22.3. The van der Waals surface area contributed by atoms with Gasteiger partial charge in [-0.3, -0.25) is 5.43 Å². The molecule has 0 aliphatic rings. The molecule has 2 aromatic carbocycles. The molecule has 0 aromatic heterocycles. The summed E-state index contributed by atoms with van der Waals surface area (Å²) in [7, 11) is 0. The van der Waals surface area contributed by atoms with E-state index in [1.54, 1.807) is 36.4 Å². The first kappa shape index (κ1) is 13.6. The largest absolute Gasteiger partial charge is 0.508 e. The number of phenolic OH excluding ortho intramolecular Hbond substituents is 1. The first-order valence-electron chi connectivity index (χ1n) is 5.99. The number of anilines is 1. The molecule has 0 saturated carbocycles. The van der Waals surface area contributed by atoms with E-state index in [4.69, 9.17) is 5.11 Å². The van der Waals surface area contributed by atoms with Crippen molar-refractivity contribution in [2.75, 3.05) is 5.43 Å². The van der Waals surface area contributed by atoms with Gasteiger partial charge in [0.1, 0.15) is 5.75 Å². The van der Waals surface area contributed by atoms with Crippen LogP contribution in [0, 0.1) is 0 Å². The van der Waals surface area contributed by atoms with Gasteiger partial charge in [0.05, 0.1) is 17.0 Å². The highest BCUT2D eigenvalue weighted by Gasteiger charge is 2.03. The van der Waals surface area contributed by atoms with Crippen LogP contribution < -0.4 is 5.43 Å². The van der Waals surface area contributed by atoms with Crippen molar-refractivity contribution in [1.82, 2.24) is 0 Å². The van der Waals surface area contributed by atoms with E-state index in [2.05, 4.69) is 10.5 Å². The lowest BCUT2D eigenvalue weighted by molar-refractivity contribution is 0.0697. The summed E-state index contributed by atoms with van der Waals surface area (Å²) < 4.78 is 0. The Hall–Kier alpha value is -2.82. The van der Waals surface area contributed by atoms with E-state index in [1.165, 1.54) is 12.1 Å². The predicted octanol–water partition coefficient (Wildman–Crippen LogP) is 2.93. The number of nitrogens with zero attached hydrogens (tertiary/aromatic N) is 1. The number of carbonyl (C=O) groups is 1. The highest BCUT2D eigenvalue weighted by Crippen LogP contribution is 2.13. The zero-order chi connectivity index (χ0) is 14.5. The average molecular weight is 270 g/mol. The molecule has 2 rings (SSSR count). The molecule has 2 aromatic rings. The van der Waals surface area contributed by atoms with E-state index in [9.17, 15) is 9.90 Å². The van der Waals surface area contributed by atoms with Crippen molar-refractivity contribution in [3.05, 3.63) is 59.7 Å². The molecule has 0 spiro atoms. The number of aromatic carboxylic acids is 1. The molecule has 0 radical (unpaired) electrons. The topological polar surface area (TPSA) is 81.9 Å². The normalized spacial score (nSPS) is 11.2. The lowest BCUT2D eigenvalue weighted by Crippen LogP contribution is -2.01. The summed E-state index contributed by atoms with van der Waals surface area (Å²) in [6.07, 6.45) is 0. The summed E-state index contributed by atoms with van der Waals surface area (Å²) in [6, 6.07) is 13.1. The maximum atomic E-state index is 10.9. The fourth-order valence-corrected chi connectivity index (χ4v) is 1.64. The Morgan fingerprint density at radius 3 is 2.45 bits per heavy atom. The van der Waals surface area contributed by atoms with Crippen LogP contribution in [0.1, 0.15) is 22.8 Å². The minimum atomic E-state index is -0.979. The van der Waals surface area contributed by atoms with Gasteiger partial charge in [0.2, 0.25) is 0 Å². The van der Waals surface area contributed by atoms with Crippen LogP contribution in [0.5, 0.6) is 5.75 Å². The first-order valence-corrected chi connectivity index (χ1v) is 5.99. The molecule has 0 fully saturated rings. The summed E-state index contributed by atoms with van der Waals surface area (Å²) >= 11 is 0. The minimum Gasteiger partial charge on any atom is -0.508 e. The van der Waals surface area contributed by atoms with Gasteiger partial charge in [-0.15, -0.1) is 0 Å². The van der Waals surface area contributed by atoms with Gasteiger partial charge in [0, 0.05) is 0 Å². The number of aromatic hydroxyl groups is 1. The van der Waals surface area contributed by atoms with E-state index >= 15 is 0 Å². The van der Waals surface area contributed by atoms with Gasteiger partial charge in [0.15, 0.2) is 0 Å². The number of carboxylic acid groups (broad SMARTS) is 1. The van der Waals surface area contributed by atoms with Crippen LogP contribution >= 0.6 is 0 Å². The Labute approximate surface area is 116 Å². The highest BCUT2D eigenvalue weighted by molar-refractivity contribution is 5.99. The SMILES string of the molecule is C/C(=N\Nc1cccc(C(=O)O)c1)c1ccc(O)cc1. The number of hydrazone groups is 1. The third kappa shape index (κ3) is 3.35. The molecule has 5 heteroatoms. The Kier molecular flexibility index (Phi) is 4.00. The summed E-state index contributed by atoms with van der Waals surface area (Å²) in [5.74, 6) is -0.781. The molecular formula is C15H14N2O3. The third-order valence-corrected chi connectivity index (χ3v) is 2.75. The molecular weight excluding hydrogens is 256 g/mol. The number of phenols is 1. The number of hydrogen-bond acceptors (Lipinski definition) is 4. The molecule has 3 N–H and O–H groups in total. The van der Waals surface area contributed by atoms with Crippen molar-refractivity contribution in [2.24, 2.45) is 5.10 Å². The molecule has 0 saturated heterocycles. The van der Waals surface area contributed by atoms with Crippen molar-refractivity contribution in [1.29, 1.82) is 0 Å². The Bertz CT molecular complexity index is 648. The van der Waals surface area contributed by atoms with E-state index in [0.29, 0.717) is 5.69 Å². The quantitative estimate of drug-likeness (QED) is 0.589. The lowest BCUT2D eigenvalue weighted by atomic mass is 10.1. The van der Waals surface area contributed by atoms with E-state index < -0.39 is 5.97 Å². The number of carboxylic acids is 1. The second-order valence-electron chi connectivity index (χ2n) is 4.24. The van der Waals surface area contributed by atoms with Crippen LogP contribution in [0.2, 0.25) is 0 Å².